The molecule has 4 heteroatoms. The molecule has 4 heterocycles. The Kier molecular flexibility index (Phi) is 6.08. The predicted molar refractivity (Wildman–Crippen MR) is 253 cm³/mol. The van der Waals surface area contributed by atoms with Crippen LogP contribution in [-0.4, -0.2) is 9.13 Å². The lowest BCUT2D eigenvalue weighted by Gasteiger charge is -2.17. The van der Waals surface area contributed by atoms with E-state index >= 15 is 0 Å². The number of para-hydroxylation sites is 2. The fourth-order valence-electron chi connectivity index (χ4n) is 10.3. The number of rotatable bonds is 2. The first kappa shape index (κ1) is 31.1. The number of benzene rings is 10. The maximum absolute atomic E-state index is 2.57. The van der Waals surface area contributed by atoms with Crippen molar-refractivity contribution < 1.29 is 0 Å². The van der Waals surface area contributed by atoms with Gasteiger partial charge in [-0.1, -0.05) is 133 Å². The lowest BCUT2D eigenvalue weighted by Crippen LogP contribution is -1.97. The van der Waals surface area contributed by atoms with E-state index in [0.29, 0.717) is 0 Å². The normalized spacial score (nSPS) is 12.5. The van der Waals surface area contributed by atoms with Gasteiger partial charge in [-0.05, 0) is 64.7 Å². The van der Waals surface area contributed by atoms with E-state index < -0.39 is 0 Å². The van der Waals surface area contributed by atoms with E-state index in [9.17, 15) is 0 Å². The molecule has 0 aliphatic carbocycles. The third kappa shape index (κ3) is 3.96. The molecule has 10 aromatic carbocycles. The molecular weight excluding hydrogens is 741 g/mol. The Morgan fingerprint density at radius 1 is 0.259 bits per heavy atom. The van der Waals surface area contributed by atoms with Crippen LogP contribution in [0.5, 0.6) is 0 Å². The first-order chi connectivity index (χ1) is 28.8. The number of hydrogen-bond acceptors (Lipinski definition) is 2. The second kappa shape index (κ2) is 11.3. The molecule has 268 valence electrons. The van der Waals surface area contributed by atoms with Gasteiger partial charge in [0.2, 0.25) is 0 Å². The summed E-state index contributed by atoms with van der Waals surface area (Å²) in [5.41, 5.74) is 7.32. The Morgan fingerprint density at radius 2 is 0.638 bits per heavy atom. The molecule has 0 radical (unpaired) electrons. The minimum Gasteiger partial charge on any atom is -0.309 e. The summed E-state index contributed by atoms with van der Waals surface area (Å²) in [7, 11) is 0. The molecule has 0 aliphatic rings. The van der Waals surface area contributed by atoms with E-state index in [0.717, 1.165) is 0 Å². The van der Waals surface area contributed by atoms with Crippen molar-refractivity contribution >= 4 is 139 Å². The number of nitrogens with zero attached hydrogens (tertiary/aromatic N) is 2. The second-order valence-corrected chi connectivity index (χ2v) is 17.7. The molecule has 0 fully saturated rings. The molecule has 4 aromatic heterocycles. The monoisotopic (exact) mass is 770 g/mol. The maximum atomic E-state index is 2.57. The standard InChI is InChI=1S/C54H30N2S2/c1-2-16-38-37(15-1)49-41-19-5-9-21-43(41)56(32-26-28-36-34-14-8-12-24-46(34)58-48(36)30-32)54(49)51-39-17-3-4-18-40(39)53-52(50(38)51)42-20-6-10-22-44(42)55(53)31-25-27-35-33-13-7-11-23-45(33)57-47(35)29-31/h1-30H. The molecule has 58 heavy (non-hydrogen) atoms. The Balaban J connectivity index is 1.22. The predicted octanol–water partition coefficient (Wildman–Crippen LogP) is 16.1. The van der Waals surface area contributed by atoms with Crippen LogP contribution < -0.4 is 0 Å². The van der Waals surface area contributed by atoms with Gasteiger partial charge < -0.3 is 9.13 Å². The van der Waals surface area contributed by atoms with Crippen LogP contribution in [-0.2, 0) is 0 Å². The molecule has 0 saturated carbocycles. The van der Waals surface area contributed by atoms with Gasteiger partial charge in [0.15, 0.2) is 0 Å². The molecule has 0 bridgehead atoms. The molecule has 2 nitrogen and oxygen atoms in total. The van der Waals surface area contributed by atoms with Crippen LogP contribution in [0.1, 0.15) is 0 Å². The van der Waals surface area contributed by atoms with Crippen LogP contribution >= 0.6 is 22.7 Å². The van der Waals surface area contributed by atoms with Crippen molar-refractivity contribution in [2.75, 3.05) is 0 Å². The van der Waals surface area contributed by atoms with E-state index in [1.54, 1.807) is 0 Å². The average molecular weight is 771 g/mol. The molecule has 0 spiro atoms. The minimum atomic E-state index is 1.19. The van der Waals surface area contributed by atoms with Crippen molar-refractivity contribution in [3.8, 4) is 11.4 Å². The van der Waals surface area contributed by atoms with Crippen molar-refractivity contribution in [2.45, 2.75) is 0 Å². The zero-order valence-corrected chi connectivity index (χ0v) is 32.7. The Hall–Kier alpha value is -6.98. The minimum absolute atomic E-state index is 1.19. The van der Waals surface area contributed by atoms with Crippen molar-refractivity contribution in [3.05, 3.63) is 182 Å². The topological polar surface area (TPSA) is 9.86 Å². The fourth-order valence-corrected chi connectivity index (χ4v) is 12.6. The summed E-state index contributed by atoms with van der Waals surface area (Å²) in [6.45, 7) is 0. The van der Waals surface area contributed by atoms with Crippen molar-refractivity contribution in [1.82, 2.24) is 9.13 Å². The van der Waals surface area contributed by atoms with Crippen molar-refractivity contribution in [3.63, 3.8) is 0 Å². The van der Waals surface area contributed by atoms with E-state index in [2.05, 4.69) is 191 Å². The summed E-state index contributed by atoms with van der Waals surface area (Å²) in [4.78, 5) is 0. The van der Waals surface area contributed by atoms with Gasteiger partial charge in [-0.3, -0.25) is 0 Å². The van der Waals surface area contributed by atoms with Crippen LogP contribution in [0.2, 0.25) is 0 Å². The lowest BCUT2D eigenvalue weighted by atomic mass is 9.90. The third-order valence-electron chi connectivity index (χ3n) is 12.6. The SMILES string of the molecule is c1ccc2c(c1)sc1cc(-n3c4ccccc4c4c5c6ccccc6c6c7ccccc7n(-c7ccc8c(c7)sc7ccccc78)c6c5c5ccccc5c43)ccc12. The van der Waals surface area contributed by atoms with E-state index in [-0.39, 0.29) is 0 Å². The van der Waals surface area contributed by atoms with Crippen LogP contribution in [0.25, 0.3) is 128 Å². The molecular formula is C54H30N2S2. The highest BCUT2D eigenvalue weighted by Crippen LogP contribution is 2.51. The van der Waals surface area contributed by atoms with Gasteiger partial charge in [0.05, 0.1) is 22.1 Å². The largest absolute Gasteiger partial charge is 0.309 e. The number of hydrogen-bond donors (Lipinski definition) is 0. The van der Waals surface area contributed by atoms with Gasteiger partial charge in [-0.25, -0.2) is 0 Å². The van der Waals surface area contributed by atoms with Crippen LogP contribution in [0, 0.1) is 0 Å². The molecule has 0 unspecified atom stereocenters. The van der Waals surface area contributed by atoms with Gasteiger partial charge in [-0.15, -0.1) is 22.7 Å². The van der Waals surface area contributed by atoms with Crippen LogP contribution in [0.3, 0.4) is 0 Å². The van der Waals surface area contributed by atoms with E-state index in [1.807, 2.05) is 22.7 Å². The van der Waals surface area contributed by atoms with Gasteiger partial charge >= 0.3 is 0 Å². The lowest BCUT2D eigenvalue weighted by molar-refractivity contribution is 1.19. The summed E-state index contributed by atoms with van der Waals surface area (Å²) < 4.78 is 10.4. The molecule has 14 aromatic rings. The summed E-state index contributed by atoms with van der Waals surface area (Å²) >= 11 is 3.76. The highest BCUT2D eigenvalue weighted by atomic mass is 32.1. The third-order valence-corrected chi connectivity index (χ3v) is 14.9. The molecule has 0 amide bonds. The van der Waals surface area contributed by atoms with Crippen molar-refractivity contribution in [2.24, 2.45) is 0 Å². The van der Waals surface area contributed by atoms with Gasteiger partial charge in [-0.2, -0.15) is 0 Å². The summed E-state index contributed by atoms with van der Waals surface area (Å²) in [5, 5.41) is 18.1. The number of fused-ring (bicyclic) bond motifs is 21. The van der Waals surface area contributed by atoms with E-state index in [4.69, 9.17) is 0 Å². The van der Waals surface area contributed by atoms with Gasteiger partial charge in [0, 0.05) is 89.4 Å². The fraction of sp³-hybridized carbons (Fsp3) is 0. The quantitative estimate of drug-likeness (QED) is 0.155. The molecule has 0 atom stereocenters. The summed E-state index contributed by atoms with van der Waals surface area (Å²) in [6, 6.07) is 68.1. The highest BCUT2D eigenvalue weighted by molar-refractivity contribution is 7.26. The second-order valence-electron chi connectivity index (χ2n) is 15.6. The zero-order valence-electron chi connectivity index (χ0n) is 31.0. The Morgan fingerprint density at radius 3 is 1.21 bits per heavy atom. The smallest absolute Gasteiger partial charge is 0.0632 e. The highest BCUT2D eigenvalue weighted by Gasteiger charge is 2.26. The van der Waals surface area contributed by atoms with Crippen molar-refractivity contribution in [1.29, 1.82) is 0 Å². The number of thiophene rings is 2. The van der Waals surface area contributed by atoms with Gasteiger partial charge in [0.25, 0.3) is 0 Å². The summed E-state index contributed by atoms with van der Waals surface area (Å²) in [6.07, 6.45) is 0. The average Bonchev–Trinajstić information content (AvgIpc) is 4.03. The first-order valence-electron chi connectivity index (χ1n) is 19.8. The molecule has 0 N–H and O–H groups in total. The number of aromatic nitrogens is 2. The summed E-state index contributed by atoms with van der Waals surface area (Å²) in [5.74, 6) is 0. The van der Waals surface area contributed by atoms with Gasteiger partial charge in [0.1, 0.15) is 0 Å². The van der Waals surface area contributed by atoms with Crippen LogP contribution in [0.15, 0.2) is 182 Å². The maximum Gasteiger partial charge on any atom is 0.0632 e. The first-order valence-corrected chi connectivity index (χ1v) is 21.5. The van der Waals surface area contributed by atoms with Crippen LogP contribution in [0.4, 0.5) is 0 Å². The van der Waals surface area contributed by atoms with E-state index in [1.165, 1.54) is 128 Å². The molecule has 14 rings (SSSR count). The molecule has 0 saturated heterocycles. The Bertz CT molecular complexity index is 4100. The zero-order chi connectivity index (χ0) is 37.6. The Labute approximate surface area is 339 Å². The molecule has 0 aliphatic heterocycles.